The van der Waals surface area contributed by atoms with Crippen LogP contribution in [0.2, 0.25) is 0 Å². The summed E-state index contributed by atoms with van der Waals surface area (Å²) < 4.78 is 34.9. The van der Waals surface area contributed by atoms with Gasteiger partial charge < -0.3 is 4.74 Å². The molecule has 3 rings (SSSR count). The maximum absolute atomic E-state index is 12.7. The number of aromatic nitrogens is 2. The molecule has 3 aromatic rings. The van der Waals surface area contributed by atoms with Gasteiger partial charge in [0.15, 0.2) is 0 Å². The number of nitrogens with zero attached hydrogens (tertiary/aromatic N) is 2. The van der Waals surface area contributed by atoms with Crippen LogP contribution >= 0.6 is 0 Å². The lowest BCUT2D eigenvalue weighted by atomic mass is 10.1. The Bertz CT molecular complexity index is 996. The molecule has 0 unspecified atom stereocenters. The van der Waals surface area contributed by atoms with E-state index < -0.39 is 10.0 Å². The Hall–Kier alpha value is -2.80. The van der Waals surface area contributed by atoms with Gasteiger partial charge in [0.2, 0.25) is 0 Å². The second-order valence-corrected chi connectivity index (χ2v) is 7.29. The van der Waals surface area contributed by atoms with Crippen molar-refractivity contribution in [2.75, 3.05) is 11.8 Å². The van der Waals surface area contributed by atoms with Gasteiger partial charge in [-0.15, -0.1) is 0 Å². The first-order valence-electron chi connectivity index (χ1n) is 7.67. The third-order valence-corrected chi connectivity index (χ3v) is 5.28. The molecule has 0 atom stereocenters. The second kappa shape index (κ2) is 6.60. The first kappa shape index (κ1) is 17.0. The third kappa shape index (κ3) is 3.51. The number of sulfonamides is 1. The average Bonchev–Trinajstić information content (AvgIpc) is 2.94. The highest BCUT2D eigenvalue weighted by molar-refractivity contribution is 7.92. The molecule has 0 aliphatic carbocycles. The monoisotopic (exact) mass is 357 g/mol. The van der Waals surface area contributed by atoms with E-state index >= 15 is 0 Å². The summed E-state index contributed by atoms with van der Waals surface area (Å²) in [4.78, 5) is 0.141. The highest BCUT2D eigenvalue weighted by Crippen LogP contribution is 2.32. The Labute approximate surface area is 147 Å². The van der Waals surface area contributed by atoms with E-state index in [1.165, 1.54) is 18.0 Å². The lowest BCUT2D eigenvalue weighted by Gasteiger charge is -2.13. The van der Waals surface area contributed by atoms with Gasteiger partial charge in [0.25, 0.3) is 10.0 Å². The number of methoxy groups -OCH3 is 1. The van der Waals surface area contributed by atoms with Crippen molar-refractivity contribution in [1.82, 2.24) is 9.78 Å². The summed E-state index contributed by atoms with van der Waals surface area (Å²) in [6.45, 7) is 1.66. The molecule has 0 saturated heterocycles. The molecule has 25 heavy (non-hydrogen) atoms. The molecule has 0 amide bonds. The van der Waals surface area contributed by atoms with Gasteiger partial charge in [0.1, 0.15) is 10.6 Å². The lowest BCUT2D eigenvalue weighted by molar-refractivity contribution is 0.417. The van der Waals surface area contributed by atoms with E-state index in [4.69, 9.17) is 4.74 Å². The van der Waals surface area contributed by atoms with E-state index in [0.717, 1.165) is 11.1 Å². The van der Waals surface area contributed by atoms with Crippen LogP contribution < -0.4 is 9.46 Å². The zero-order chi connectivity index (χ0) is 18.0. The Morgan fingerprint density at radius 3 is 2.40 bits per heavy atom. The van der Waals surface area contributed by atoms with Crippen molar-refractivity contribution in [2.24, 2.45) is 7.05 Å². The van der Waals surface area contributed by atoms with Crippen LogP contribution in [-0.2, 0) is 17.1 Å². The Kier molecular flexibility index (Phi) is 4.50. The lowest BCUT2D eigenvalue weighted by Crippen LogP contribution is -2.14. The fourth-order valence-electron chi connectivity index (χ4n) is 2.64. The molecule has 1 aromatic heterocycles. The van der Waals surface area contributed by atoms with Crippen LogP contribution in [0.1, 0.15) is 5.69 Å². The van der Waals surface area contributed by atoms with Gasteiger partial charge >= 0.3 is 0 Å². The number of ether oxygens (including phenoxy) is 1. The van der Waals surface area contributed by atoms with Crippen LogP contribution in [-0.4, -0.2) is 25.3 Å². The highest BCUT2D eigenvalue weighted by atomic mass is 32.2. The number of anilines is 1. The van der Waals surface area contributed by atoms with E-state index in [0.29, 0.717) is 17.1 Å². The summed E-state index contributed by atoms with van der Waals surface area (Å²) in [7, 11) is -0.580. The van der Waals surface area contributed by atoms with Gasteiger partial charge in [-0.05, 0) is 30.2 Å². The molecule has 2 aromatic carbocycles. The topological polar surface area (TPSA) is 73.2 Å². The van der Waals surface area contributed by atoms with Crippen LogP contribution in [0.4, 0.5) is 5.69 Å². The number of nitrogens with one attached hydrogen (secondary N) is 1. The molecule has 6 nitrogen and oxygen atoms in total. The van der Waals surface area contributed by atoms with E-state index in [2.05, 4.69) is 9.82 Å². The maximum Gasteiger partial charge on any atom is 0.265 e. The normalized spacial score (nSPS) is 11.3. The molecular formula is C18H19N3O3S. The van der Waals surface area contributed by atoms with Crippen molar-refractivity contribution in [2.45, 2.75) is 11.8 Å². The number of benzene rings is 2. The van der Waals surface area contributed by atoms with Gasteiger partial charge in [0.05, 0.1) is 18.5 Å². The van der Waals surface area contributed by atoms with Gasteiger partial charge in [-0.2, -0.15) is 5.10 Å². The minimum Gasteiger partial charge on any atom is -0.495 e. The van der Waals surface area contributed by atoms with Crippen LogP contribution in [0.3, 0.4) is 0 Å². The van der Waals surface area contributed by atoms with Crippen molar-refractivity contribution in [3.8, 4) is 16.9 Å². The molecule has 0 saturated carbocycles. The van der Waals surface area contributed by atoms with Gasteiger partial charge in [-0.1, -0.05) is 36.4 Å². The molecule has 0 bridgehead atoms. The Balaban J connectivity index is 2.02. The third-order valence-electron chi connectivity index (χ3n) is 3.81. The van der Waals surface area contributed by atoms with Crippen molar-refractivity contribution in [3.05, 3.63) is 60.4 Å². The van der Waals surface area contributed by atoms with E-state index in [9.17, 15) is 8.42 Å². The van der Waals surface area contributed by atoms with Crippen LogP contribution in [0, 0.1) is 6.92 Å². The molecule has 0 radical (unpaired) electrons. The predicted molar refractivity (Wildman–Crippen MR) is 97.2 cm³/mol. The highest BCUT2D eigenvalue weighted by Gasteiger charge is 2.21. The standard InChI is InChI=1S/C18H19N3O3S/c1-13-18(12-21(2)19-13)25(22,23)20-16-11-15(9-10-17(16)24-3)14-7-5-4-6-8-14/h4-12,20H,1-3H3. The maximum atomic E-state index is 12.7. The molecule has 0 aliphatic rings. The average molecular weight is 357 g/mol. The number of hydrogen-bond donors (Lipinski definition) is 1. The quantitative estimate of drug-likeness (QED) is 0.761. The number of aryl methyl sites for hydroxylation is 2. The molecule has 1 N–H and O–H groups in total. The minimum absolute atomic E-state index is 0.141. The largest absolute Gasteiger partial charge is 0.495 e. The molecule has 0 fully saturated rings. The van der Waals surface area contributed by atoms with Crippen molar-refractivity contribution >= 4 is 15.7 Å². The molecule has 130 valence electrons. The second-order valence-electron chi connectivity index (χ2n) is 5.64. The summed E-state index contributed by atoms with van der Waals surface area (Å²) in [5.41, 5.74) is 2.70. The zero-order valence-electron chi connectivity index (χ0n) is 14.2. The first-order valence-corrected chi connectivity index (χ1v) is 9.15. The van der Waals surface area contributed by atoms with Gasteiger partial charge in [0, 0.05) is 13.2 Å². The van der Waals surface area contributed by atoms with Crippen LogP contribution in [0.15, 0.2) is 59.6 Å². The number of rotatable bonds is 5. The van der Waals surface area contributed by atoms with E-state index in [1.54, 1.807) is 26.1 Å². The van der Waals surface area contributed by atoms with Crippen molar-refractivity contribution in [3.63, 3.8) is 0 Å². The smallest absolute Gasteiger partial charge is 0.265 e. The van der Waals surface area contributed by atoms with E-state index in [-0.39, 0.29) is 4.90 Å². The molecule has 1 heterocycles. The predicted octanol–water partition coefficient (Wildman–Crippen LogP) is 3.20. The SMILES string of the molecule is COc1ccc(-c2ccccc2)cc1NS(=O)(=O)c1cn(C)nc1C. The summed E-state index contributed by atoms with van der Waals surface area (Å²) in [6, 6.07) is 15.1. The summed E-state index contributed by atoms with van der Waals surface area (Å²) in [5, 5.41) is 4.09. The fourth-order valence-corrected chi connectivity index (χ4v) is 3.92. The minimum atomic E-state index is -3.77. The van der Waals surface area contributed by atoms with Gasteiger partial charge in [-0.3, -0.25) is 9.40 Å². The molecule has 7 heteroatoms. The van der Waals surface area contributed by atoms with Crippen LogP contribution in [0.25, 0.3) is 11.1 Å². The Morgan fingerprint density at radius 2 is 1.80 bits per heavy atom. The Morgan fingerprint density at radius 1 is 1.08 bits per heavy atom. The summed E-state index contributed by atoms with van der Waals surface area (Å²) >= 11 is 0. The molecule has 0 spiro atoms. The van der Waals surface area contributed by atoms with Gasteiger partial charge in [-0.25, -0.2) is 8.42 Å². The van der Waals surface area contributed by atoms with Crippen molar-refractivity contribution < 1.29 is 13.2 Å². The zero-order valence-corrected chi connectivity index (χ0v) is 15.0. The summed E-state index contributed by atoms with van der Waals surface area (Å²) in [5.74, 6) is 0.449. The van der Waals surface area contributed by atoms with Crippen LogP contribution in [0.5, 0.6) is 5.75 Å². The first-order chi connectivity index (χ1) is 11.9. The summed E-state index contributed by atoms with van der Waals surface area (Å²) in [6.07, 6.45) is 1.48. The molecule has 0 aliphatic heterocycles. The van der Waals surface area contributed by atoms with E-state index in [1.807, 2.05) is 36.4 Å². The molecular weight excluding hydrogens is 338 g/mol. The van der Waals surface area contributed by atoms with Crippen molar-refractivity contribution in [1.29, 1.82) is 0 Å². The number of hydrogen-bond acceptors (Lipinski definition) is 4. The fraction of sp³-hybridized carbons (Fsp3) is 0.167.